The van der Waals surface area contributed by atoms with Gasteiger partial charge >= 0.3 is 0 Å². The number of anilines is 3. The van der Waals surface area contributed by atoms with Crippen molar-refractivity contribution in [2.75, 3.05) is 4.90 Å². The van der Waals surface area contributed by atoms with Gasteiger partial charge in [-0.3, -0.25) is 0 Å². The molecule has 2 nitrogen and oxygen atoms in total. The Balaban J connectivity index is 1.19. The summed E-state index contributed by atoms with van der Waals surface area (Å²) >= 11 is 1.88. The number of rotatable bonds is 3. The van der Waals surface area contributed by atoms with Gasteiger partial charge in [-0.15, -0.1) is 11.3 Å². The molecule has 0 radical (unpaired) electrons. The number of hydrogen-bond donors (Lipinski definition) is 0. The van der Waals surface area contributed by atoms with Crippen molar-refractivity contribution in [3.63, 3.8) is 0 Å². The molecule has 320 valence electrons. The van der Waals surface area contributed by atoms with Gasteiger partial charge in [0.15, 0.2) is 0 Å². The van der Waals surface area contributed by atoms with Crippen LogP contribution in [-0.2, 0) is 21.7 Å². The minimum Gasteiger partial charge on any atom is -0.457 e. The van der Waals surface area contributed by atoms with E-state index in [9.17, 15) is 0 Å². The minimum absolute atomic E-state index is 0.0244. The second-order valence-electron chi connectivity index (χ2n) is 22.6. The topological polar surface area (TPSA) is 16.4 Å². The highest BCUT2D eigenvalue weighted by Gasteiger charge is 2.48. The number of hydrogen-bond acceptors (Lipinski definition) is 3. The number of aryl methyl sites for hydroxylation is 1. The fourth-order valence-corrected chi connectivity index (χ4v) is 14.0. The van der Waals surface area contributed by atoms with Crippen LogP contribution in [0.2, 0.25) is 0 Å². The molecule has 0 N–H and O–H groups in total. The lowest BCUT2D eigenvalue weighted by molar-refractivity contribution is 0.332. The van der Waals surface area contributed by atoms with Crippen molar-refractivity contribution in [1.29, 1.82) is 0 Å². The number of benzene rings is 7. The fourth-order valence-electron chi connectivity index (χ4n) is 12.9. The summed E-state index contributed by atoms with van der Waals surface area (Å²) < 4.78 is 9.97. The Morgan fingerprint density at radius 1 is 0.492 bits per heavy atom. The Bertz CT molecular complexity index is 3520. The smallest absolute Gasteiger partial charge is 0.253 e. The first kappa shape index (κ1) is 39.5. The van der Waals surface area contributed by atoms with Crippen molar-refractivity contribution < 1.29 is 4.42 Å². The SMILES string of the molecule is Cc1cc2c3c(c1)N(c1cc4c(cc1-c1ccccc1)C(C)(C)CCC4(C)C)c1cc4c(cc1B3c1c(-c3cccc5sc6ccccc6c35)oc3cccc-2c13)C(C)(C)CCC4(C)C. The molecule has 65 heavy (non-hydrogen) atoms. The number of thiophene rings is 1. The summed E-state index contributed by atoms with van der Waals surface area (Å²) in [7, 11) is 0. The van der Waals surface area contributed by atoms with E-state index in [1.165, 1.54) is 121 Å². The van der Waals surface area contributed by atoms with E-state index in [-0.39, 0.29) is 28.4 Å². The van der Waals surface area contributed by atoms with Crippen LogP contribution in [0.4, 0.5) is 17.1 Å². The van der Waals surface area contributed by atoms with Gasteiger partial charge < -0.3 is 9.32 Å². The summed E-state index contributed by atoms with van der Waals surface area (Å²) in [6, 6.07) is 49.3. The molecule has 0 atom stereocenters. The third-order valence-corrected chi connectivity index (χ3v) is 17.8. The fraction of sp³-hybridized carbons (Fsp3) is 0.279. The van der Waals surface area contributed by atoms with Crippen molar-refractivity contribution in [2.24, 2.45) is 0 Å². The molecule has 9 aromatic rings. The molecule has 0 saturated carbocycles. The second kappa shape index (κ2) is 13.2. The molecule has 4 heteroatoms. The molecule has 4 aliphatic rings. The van der Waals surface area contributed by atoms with Crippen LogP contribution in [-0.4, -0.2) is 6.71 Å². The highest BCUT2D eigenvalue weighted by molar-refractivity contribution is 7.26. The summed E-state index contributed by atoms with van der Waals surface area (Å²) in [5, 5.41) is 3.84. The Kier molecular flexibility index (Phi) is 8.00. The van der Waals surface area contributed by atoms with Crippen molar-refractivity contribution in [1.82, 2.24) is 0 Å². The highest BCUT2D eigenvalue weighted by Crippen LogP contribution is 2.55. The third-order valence-electron chi connectivity index (χ3n) is 16.7. The lowest BCUT2D eigenvalue weighted by Crippen LogP contribution is -2.60. The largest absolute Gasteiger partial charge is 0.457 e. The highest BCUT2D eigenvalue weighted by atomic mass is 32.1. The molecule has 0 saturated heterocycles. The van der Waals surface area contributed by atoms with Crippen LogP contribution in [0.15, 0.2) is 132 Å². The Morgan fingerprint density at radius 2 is 1.09 bits per heavy atom. The Labute approximate surface area is 388 Å². The Morgan fingerprint density at radius 3 is 1.82 bits per heavy atom. The van der Waals surface area contributed by atoms with E-state index in [1.54, 1.807) is 0 Å². The molecule has 0 spiro atoms. The van der Waals surface area contributed by atoms with Gasteiger partial charge in [0.05, 0.1) is 5.69 Å². The van der Waals surface area contributed by atoms with E-state index in [0.717, 1.165) is 30.6 Å². The van der Waals surface area contributed by atoms with Gasteiger partial charge in [-0.1, -0.05) is 140 Å². The van der Waals surface area contributed by atoms with Gasteiger partial charge in [-0.25, -0.2) is 0 Å². The quantitative estimate of drug-likeness (QED) is 0.165. The second-order valence-corrected chi connectivity index (χ2v) is 23.7. The van der Waals surface area contributed by atoms with E-state index in [0.29, 0.717) is 0 Å². The summed E-state index contributed by atoms with van der Waals surface area (Å²) in [4.78, 5) is 2.73. The normalized spacial score (nSPS) is 18.1. The molecule has 2 aromatic heterocycles. The molecule has 2 aliphatic carbocycles. The van der Waals surface area contributed by atoms with Crippen LogP contribution >= 0.6 is 11.3 Å². The molecule has 7 aromatic carbocycles. The maximum atomic E-state index is 7.37. The zero-order chi connectivity index (χ0) is 44.5. The molecule has 0 fully saturated rings. The number of fused-ring (bicyclic) bond motifs is 9. The van der Waals surface area contributed by atoms with E-state index in [4.69, 9.17) is 4.42 Å². The average molecular weight is 862 g/mol. The molecule has 0 amide bonds. The van der Waals surface area contributed by atoms with Gasteiger partial charge in [0, 0.05) is 48.1 Å². The average Bonchev–Trinajstić information content (AvgIpc) is 3.87. The summed E-state index contributed by atoms with van der Waals surface area (Å²) in [6.07, 6.45) is 4.65. The number of nitrogens with zero attached hydrogens (tertiary/aromatic N) is 1. The molecular formula is C61H56BNOS. The van der Waals surface area contributed by atoms with Crippen molar-refractivity contribution in [3.05, 3.63) is 155 Å². The van der Waals surface area contributed by atoms with Crippen molar-refractivity contribution >= 4 is 82.6 Å². The summed E-state index contributed by atoms with van der Waals surface area (Å²) in [5.74, 6) is 1.00. The Hall–Kier alpha value is -5.84. The van der Waals surface area contributed by atoms with E-state index in [1.807, 2.05) is 11.3 Å². The molecule has 0 unspecified atom stereocenters. The lowest BCUT2D eigenvalue weighted by atomic mass is 9.31. The molecule has 13 rings (SSSR count). The maximum Gasteiger partial charge on any atom is 0.253 e. The first-order valence-corrected chi connectivity index (χ1v) is 24.8. The predicted octanol–water partition coefficient (Wildman–Crippen LogP) is 15.4. The minimum atomic E-state index is -0.0440. The van der Waals surface area contributed by atoms with Crippen LogP contribution in [0.25, 0.3) is 64.7 Å². The number of furan rings is 1. The maximum absolute atomic E-state index is 7.37. The first-order valence-electron chi connectivity index (χ1n) is 24.0. The van der Waals surface area contributed by atoms with E-state index >= 15 is 0 Å². The molecule has 0 bridgehead atoms. The van der Waals surface area contributed by atoms with Crippen LogP contribution in [0.3, 0.4) is 0 Å². The van der Waals surface area contributed by atoms with Gasteiger partial charge in [-0.2, -0.15) is 0 Å². The zero-order valence-electron chi connectivity index (χ0n) is 39.3. The molecule has 4 heterocycles. The van der Waals surface area contributed by atoms with Crippen molar-refractivity contribution in [2.45, 2.75) is 110 Å². The first-order chi connectivity index (χ1) is 31.1. The van der Waals surface area contributed by atoms with Gasteiger partial charge in [0.2, 0.25) is 0 Å². The zero-order valence-corrected chi connectivity index (χ0v) is 40.1. The summed E-state index contributed by atoms with van der Waals surface area (Å²) in [5.41, 5.74) is 22.6. The summed E-state index contributed by atoms with van der Waals surface area (Å²) in [6.45, 7) is 22.1. The van der Waals surface area contributed by atoms with Crippen LogP contribution in [0.1, 0.15) is 109 Å². The van der Waals surface area contributed by atoms with Crippen LogP contribution in [0, 0.1) is 6.92 Å². The van der Waals surface area contributed by atoms with Gasteiger partial charge in [-0.05, 0) is 158 Å². The van der Waals surface area contributed by atoms with Gasteiger partial charge in [0.25, 0.3) is 6.71 Å². The predicted molar refractivity (Wildman–Crippen MR) is 280 cm³/mol. The van der Waals surface area contributed by atoms with E-state index < -0.39 is 0 Å². The molecule has 2 aliphatic heterocycles. The standard InChI is InChI=1S/C61H56BNOS/c1-35-29-41-37-20-15-22-50-54(37)56(57(64-50)39-21-16-24-52-53(39)38-19-13-14-23-51(38)65-52)62-46-32-43-45(61(8,9)28-26-59(43,4)5)34-48(46)63(49(30-35)55(41)62)47-33-44-42(58(2,3)25-27-60(44,6)7)31-40(47)36-17-11-10-12-18-36/h10-24,29-34H,25-28H2,1-9H3. The van der Waals surface area contributed by atoms with E-state index in [2.05, 4.69) is 195 Å². The van der Waals surface area contributed by atoms with Gasteiger partial charge in [0.1, 0.15) is 11.3 Å². The van der Waals surface area contributed by atoms with Crippen molar-refractivity contribution in [3.8, 4) is 33.6 Å². The molecular weight excluding hydrogens is 806 g/mol. The third kappa shape index (κ3) is 5.47. The van der Waals surface area contributed by atoms with Crippen LogP contribution in [0.5, 0.6) is 0 Å². The monoisotopic (exact) mass is 861 g/mol. The lowest BCUT2D eigenvalue weighted by Gasteiger charge is -2.47. The van der Waals surface area contributed by atoms with Crippen LogP contribution < -0.4 is 21.3 Å².